The van der Waals surface area contributed by atoms with Gasteiger partial charge in [0.2, 0.25) is 0 Å². The second-order valence-corrected chi connectivity index (χ2v) is 5.11. The van der Waals surface area contributed by atoms with Gasteiger partial charge >= 0.3 is 0 Å². The SMILES string of the molecule is CC(=O)C=S1C(C)=Nc2ccccc21. The predicted octanol–water partition coefficient (Wildman–Crippen LogP) is 2.77. The highest BCUT2D eigenvalue weighted by Crippen LogP contribution is 2.42. The highest BCUT2D eigenvalue weighted by molar-refractivity contribution is 8.29. The van der Waals surface area contributed by atoms with Crippen LogP contribution in [0.25, 0.3) is 0 Å². The summed E-state index contributed by atoms with van der Waals surface area (Å²) >= 11 is 0. The van der Waals surface area contributed by atoms with Gasteiger partial charge in [0, 0.05) is 10.3 Å². The summed E-state index contributed by atoms with van der Waals surface area (Å²) in [6, 6.07) is 7.98. The number of hydrogen-bond acceptors (Lipinski definition) is 2. The Kier molecular flexibility index (Phi) is 2.33. The number of benzene rings is 1. The molecule has 0 radical (unpaired) electrons. The van der Waals surface area contributed by atoms with Crippen molar-refractivity contribution in [3.05, 3.63) is 24.3 Å². The standard InChI is InChI=1S/C11H11NOS/c1-8(13)7-14-9(2)12-10-5-3-4-6-11(10)14/h3-7H,1-2H3. The highest BCUT2D eigenvalue weighted by Gasteiger charge is 2.15. The normalized spacial score (nSPS) is 19.3. The van der Waals surface area contributed by atoms with Crippen molar-refractivity contribution in [1.29, 1.82) is 0 Å². The second-order valence-electron chi connectivity index (χ2n) is 3.16. The zero-order chi connectivity index (χ0) is 10.1. The number of fused-ring (bicyclic) bond motifs is 1. The molecule has 0 aromatic heterocycles. The number of rotatable bonds is 1. The number of carbonyl (C=O) groups is 1. The van der Waals surface area contributed by atoms with Gasteiger partial charge in [-0.1, -0.05) is 12.1 Å². The maximum Gasteiger partial charge on any atom is 0.158 e. The van der Waals surface area contributed by atoms with Crippen molar-refractivity contribution >= 4 is 32.4 Å². The number of ketones is 1. The fourth-order valence-corrected chi connectivity index (χ4v) is 3.14. The Bertz CT molecular complexity index is 460. The lowest BCUT2D eigenvalue weighted by atomic mass is 10.3. The molecule has 1 aliphatic rings. The topological polar surface area (TPSA) is 29.4 Å². The molecule has 3 heteroatoms. The molecule has 1 unspecified atom stereocenters. The first-order valence-electron chi connectivity index (χ1n) is 4.41. The van der Waals surface area contributed by atoms with Gasteiger partial charge in [0.25, 0.3) is 0 Å². The van der Waals surface area contributed by atoms with Crippen molar-refractivity contribution in [2.75, 3.05) is 0 Å². The minimum absolute atomic E-state index is 0.111. The maximum absolute atomic E-state index is 11.1. The molecule has 1 aromatic carbocycles. The average Bonchev–Trinajstić information content (AvgIpc) is 2.43. The number of nitrogens with zero attached hydrogens (tertiary/aromatic N) is 1. The molecule has 14 heavy (non-hydrogen) atoms. The van der Waals surface area contributed by atoms with Crippen LogP contribution in [0.15, 0.2) is 34.2 Å². The van der Waals surface area contributed by atoms with Crippen LogP contribution in [0.5, 0.6) is 0 Å². The van der Waals surface area contributed by atoms with Gasteiger partial charge in [-0.05, 0) is 26.0 Å². The summed E-state index contributed by atoms with van der Waals surface area (Å²) in [5.41, 5.74) is 1.01. The van der Waals surface area contributed by atoms with Crippen LogP contribution in [0, 0.1) is 0 Å². The number of Topliss-reactive ketones (excluding diaryl/α,β-unsaturated/α-hetero) is 1. The summed E-state index contributed by atoms with van der Waals surface area (Å²) in [6.45, 7) is 3.56. The minimum Gasteiger partial charge on any atom is -0.295 e. The van der Waals surface area contributed by atoms with Crippen LogP contribution >= 0.6 is 10.5 Å². The van der Waals surface area contributed by atoms with E-state index in [1.54, 1.807) is 12.3 Å². The number of hydrogen-bond donors (Lipinski definition) is 0. The van der Waals surface area contributed by atoms with Crippen LogP contribution in [-0.2, 0) is 4.79 Å². The van der Waals surface area contributed by atoms with Crippen molar-refractivity contribution in [2.45, 2.75) is 18.7 Å². The van der Waals surface area contributed by atoms with Crippen LogP contribution in [0.4, 0.5) is 5.69 Å². The Morgan fingerprint density at radius 2 is 2.14 bits per heavy atom. The van der Waals surface area contributed by atoms with E-state index < -0.39 is 0 Å². The van der Waals surface area contributed by atoms with Crippen LogP contribution < -0.4 is 0 Å². The first-order valence-corrected chi connectivity index (χ1v) is 5.70. The quantitative estimate of drug-likeness (QED) is 0.648. The molecule has 1 heterocycles. The molecular formula is C11H11NOS. The summed E-state index contributed by atoms with van der Waals surface area (Å²) in [7, 11) is -0.202. The van der Waals surface area contributed by atoms with E-state index in [4.69, 9.17) is 0 Å². The zero-order valence-electron chi connectivity index (χ0n) is 8.15. The van der Waals surface area contributed by atoms with Crippen molar-refractivity contribution in [3.8, 4) is 0 Å². The van der Waals surface area contributed by atoms with Gasteiger partial charge in [-0.2, -0.15) is 0 Å². The molecule has 0 saturated heterocycles. The molecule has 0 fully saturated rings. The lowest BCUT2D eigenvalue weighted by molar-refractivity contribution is -0.110. The fourth-order valence-electron chi connectivity index (χ4n) is 1.43. The summed E-state index contributed by atoms with van der Waals surface area (Å²) in [6.07, 6.45) is 0. The number of carbonyl (C=O) groups excluding carboxylic acids is 1. The van der Waals surface area contributed by atoms with Crippen LogP contribution in [0.3, 0.4) is 0 Å². The lowest BCUT2D eigenvalue weighted by Crippen LogP contribution is -1.93. The number of aliphatic imine (C=N–C) groups is 1. The van der Waals surface area contributed by atoms with Crippen molar-refractivity contribution in [3.63, 3.8) is 0 Å². The summed E-state index contributed by atoms with van der Waals surface area (Å²) in [5.74, 6) is 0.111. The van der Waals surface area contributed by atoms with Gasteiger partial charge in [-0.25, -0.2) is 4.99 Å². The Morgan fingerprint density at radius 3 is 2.86 bits per heavy atom. The molecule has 0 spiro atoms. The van der Waals surface area contributed by atoms with Crippen molar-refractivity contribution in [2.24, 2.45) is 4.99 Å². The Morgan fingerprint density at radius 1 is 1.43 bits per heavy atom. The third kappa shape index (κ3) is 1.55. The monoisotopic (exact) mass is 205 g/mol. The summed E-state index contributed by atoms with van der Waals surface area (Å²) in [4.78, 5) is 16.7. The van der Waals surface area contributed by atoms with E-state index in [0.29, 0.717) is 0 Å². The molecule has 0 aliphatic carbocycles. The largest absolute Gasteiger partial charge is 0.295 e. The van der Waals surface area contributed by atoms with Gasteiger partial charge in [-0.15, -0.1) is 10.5 Å². The number of para-hydroxylation sites is 1. The summed E-state index contributed by atoms with van der Waals surface area (Å²) < 4.78 is 0. The molecule has 1 aromatic rings. The first kappa shape index (κ1) is 9.34. The van der Waals surface area contributed by atoms with Crippen LogP contribution in [-0.4, -0.2) is 16.2 Å². The molecule has 72 valence electrons. The Balaban J connectivity index is 2.57. The van der Waals surface area contributed by atoms with Crippen LogP contribution in [0.1, 0.15) is 13.8 Å². The lowest BCUT2D eigenvalue weighted by Gasteiger charge is -2.00. The maximum atomic E-state index is 11.1. The third-order valence-corrected chi connectivity index (χ3v) is 4.10. The van der Waals surface area contributed by atoms with Gasteiger partial charge in [0.15, 0.2) is 5.78 Å². The third-order valence-electron chi connectivity index (χ3n) is 1.98. The molecule has 0 amide bonds. The molecular weight excluding hydrogens is 194 g/mol. The van der Waals surface area contributed by atoms with E-state index in [2.05, 4.69) is 4.99 Å². The fraction of sp³-hybridized carbons (Fsp3) is 0.182. The molecule has 0 saturated carbocycles. The molecule has 2 nitrogen and oxygen atoms in total. The van der Waals surface area contributed by atoms with Crippen LogP contribution in [0.2, 0.25) is 0 Å². The van der Waals surface area contributed by atoms with Gasteiger partial charge in [-0.3, -0.25) is 4.79 Å². The molecule has 1 atom stereocenters. The van der Waals surface area contributed by atoms with E-state index in [1.165, 1.54) is 4.90 Å². The first-order chi connectivity index (χ1) is 6.68. The van der Waals surface area contributed by atoms with E-state index in [0.717, 1.165) is 10.7 Å². The molecule has 0 N–H and O–H groups in total. The van der Waals surface area contributed by atoms with Gasteiger partial charge < -0.3 is 0 Å². The van der Waals surface area contributed by atoms with E-state index in [1.807, 2.05) is 31.2 Å². The molecule has 1 aliphatic heterocycles. The van der Waals surface area contributed by atoms with E-state index in [9.17, 15) is 4.79 Å². The highest BCUT2D eigenvalue weighted by atomic mass is 32.2. The Hall–Kier alpha value is -1.22. The smallest absolute Gasteiger partial charge is 0.158 e. The minimum atomic E-state index is -0.202. The Labute approximate surface area is 85.6 Å². The molecule has 0 bridgehead atoms. The van der Waals surface area contributed by atoms with Crippen molar-refractivity contribution < 1.29 is 4.79 Å². The summed E-state index contributed by atoms with van der Waals surface area (Å²) in [5, 5.41) is 2.78. The molecule has 2 rings (SSSR count). The predicted molar refractivity (Wildman–Crippen MR) is 61.8 cm³/mol. The van der Waals surface area contributed by atoms with Crippen molar-refractivity contribution in [1.82, 2.24) is 0 Å². The van der Waals surface area contributed by atoms with E-state index in [-0.39, 0.29) is 16.3 Å². The zero-order valence-corrected chi connectivity index (χ0v) is 8.97. The average molecular weight is 205 g/mol. The van der Waals surface area contributed by atoms with Gasteiger partial charge in [0.1, 0.15) is 0 Å². The second kappa shape index (κ2) is 3.50. The van der Waals surface area contributed by atoms with Gasteiger partial charge in [0.05, 0.1) is 10.7 Å². The van der Waals surface area contributed by atoms with E-state index >= 15 is 0 Å².